The molecule has 2 aromatic carbocycles. The van der Waals surface area contributed by atoms with Gasteiger partial charge in [-0.3, -0.25) is 0 Å². The van der Waals surface area contributed by atoms with Crippen molar-refractivity contribution in [3.8, 4) is 5.75 Å². The molecule has 0 fully saturated rings. The molecule has 1 aliphatic rings. The van der Waals surface area contributed by atoms with Crippen LogP contribution in [0.4, 0.5) is 0 Å². The van der Waals surface area contributed by atoms with Crippen LogP contribution < -0.4 is 0 Å². The first-order valence-electron chi connectivity index (χ1n) is 5.68. The number of hydrogen-bond donors (Lipinski definition) is 1. The van der Waals surface area contributed by atoms with Crippen molar-refractivity contribution in [1.29, 1.82) is 0 Å². The zero-order valence-electron chi connectivity index (χ0n) is 9.79. The van der Waals surface area contributed by atoms with Gasteiger partial charge >= 0.3 is 0 Å². The van der Waals surface area contributed by atoms with E-state index in [1.54, 1.807) is 6.07 Å². The first-order valence-corrected chi connectivity index (χ1v) is 5.68. The first-order chi connectivity index (χ1) is 8.18. The predicted molar refractivity (Wildman–Crippen MR) is 68.8 cm³/mol. The van der Waals surface area contributed by atoms with Gasteiger partial charge in [0.1, 0.15) is 5.75 Å². The number of ether oxygens (including phenoxy) is 1. The number of aromatic hydroxyl groups is 1. The molecule has 1 aliphatic heterocycles. The lowest BCUT2D eigenvalue weighted by Gasteiger charge is -2.20. The normalized spacial score (nSPS) is 13.9. The molecule has 2 aromatic rings. The highest BCUT2D eigenvalue weighted by atomic mass is 16.5. The van der Waals surface area contributed by atoms with Gasteiger partial charge in [0, 0.05) is 5.56 Å². The van der Waals surface area contributed by atoms with Gasteiger partial charge in [-0.1, -0.05) is 24.8 Å². The van der Waals surface area contributed by atoms with E-state index in [1.165, 1.54) is 10.9 Å². The summed E-state index contributed by atoms with van der Waals surface area (Å²) >= 11 is 0. The molecule has 0 amide bonds. The van der Waals surface area contributed by atoms with Crippen LogP contribution >= 0.6 is 0 Å². The second-order valence-electron chi connectivity index (χ2n) is 4.54. The van der Waals surface area contributed by atoms with E-state index < -0.39 is 0 Å². The van der Waals surface area contributed by atoms with Crippen LogP contribution in [0.15, 0.2) is 30.8 Å². The third kappa shape index (κ3) is 1.45. The van der Waals surface area contributed by atoms with Crippen LogP contribution in [0.3, 0.4) is 0 Å². The Hall–Kier alpha value is -1.80. The van der Waals surface area contributed by atoms with Crippen molar-refractivity contribution in [3.63, 3.8) is 0 Å². The van der Waals surface area contributed by atoms with E-state index in [1.807, 2.05) is 19.1 Å². The minimum absolute atomic E-state index is 0.294. The molecule has 0 saturated heterocycles. The molecule has 0 bridgehead atoms. The maximum atomic E-state index is 10.1. The van der Waals surface area contributed by atoms with Crippen LogP contribution in [0.25, 0.3) is 16.3 Å². The largest absolute Gasteiger partial charge is 0.507 e. The molecule has 0 aromatic heterocycles. The summed E-state index contributed by atoms with van der Waals surface area (Å²) in [5.41, 5.74) is 3.99. The molecule has 0 spiro atoms. The zero-order chi connectivity index (χ0) is 12.0. The predicted octanol–water partition coefficient (Wildman–Crippen LogP) is 3.61. The summed E-state index contributed by atoms with van der Waals surface area (Å²) in [6.07, 6.45) is 0. The van der Waals surface area contributed by atoms with E-state index in [4.69, 9.17) is 4.74 Å². The fraction of sp³-hybridized carbons (Fsp3) is 0.200. The maximum absolute atomic E-state index is 10.1. The third-order valence-corrected chi connectivity index (χ3v) is 3.25. The Morgan fingerprint density at radius 3 is 2.82 bits per heavy atom. The summed E-state index contributed by atoms with van der Waals surface area (Å²) in [4.78, 5) is 0. The Labute approximate surface area is 100 Å². The molecule has 0 aliphatic carbocycles. The van der Waals surface area contributed by atoms with Gasteiger partial charge in [0.25, 0.3) is 0 Å². The molecular weight excluding hydrogens is 212 g/mol. The monoisotopic (exact) mass is 226 g/mol. The van der Waals surface area contributed by atoms with Crippen molar-refractivity contribution >= 4 is 16.3 Å². The number of benzene rings is 2. The zero-order valence-corrected chi connectivity index (χ0v) is 9.79. The van der Waals surface area contributed by atoms with Crippen molar-refractivity contribution in [2.75, 3.05) is 0 Å². The van der Waals surface area contributed by atoms with Crippen molar-refractivity contribution < 1.29 is 9.84 Å². The number of phenolic OH excluding ortho intramolecular Hbond substituents is 1. The highest BCUT2D eigenvalue weighted by molar-refractivity contribution is 5.99. The van der Waals surface area contributed by atoms with Crippen molar-refractivity contribution in [2.45, 2.75) is 20.1 Å². The Bertz CT molecular complexity index is 626. The minimum Gasteiger partial charge on any atom is -0.507 e. The van der Waals surface area contributed by atoms with Crippen molar-refractivity contribution in [1.82, 2.24) is 0 Å². The van der Waals surface area contributed by atoms with Gasteiger partial charge < -0.3 is 9.84 Å². The summed E-state index contributed by atoms with van der Waals surface area (Å²) in [5.74, 6) is 0.294. The summed E-state index contributed by atoms with van der Waals surface area (Å²) < 4.78 is 5.51. The smallest absolute Gasteiger partial charge is 0.124 e. The van der Waals surface area contributed by atoms with Gasteiger partial charge in [0.2, 0.25) is 0 Å². The molecule has 17 heavy (non-hydrogen) atoms. The second kappa shape index (κ2) is 3.60. The fourth-order valence-electron chi connectivity index (χ4n) is 2.59. The molecule has 0 radical (unpaired) electrons. The molecular formula is C15H14O2. The van der Waals surface area contributed by atoms with Crippen LogP contribution in [0.1, 0.15) is 23.6 Å². The SMILES string of the molecule is C=C(C)c1c(O)cc2c3c(cccc13)COC2. The summed E-state index contributed by atoms with van der Waals surface area (Å²) in [6.45, 7) is 7.08. The Balaban J connectivity index is 2.50. The number of phenols is 1. The van der Waals surface area contributed by atoms with Crippen molar-refractivity contribution in [3.05, 3.63) is 47.5 Å². The quantitative estimate of drug-likeness (QED) is 0.804. The van der Waals surface area contributed by atoms with Crippen LogP contribution in [-0.2, 0) is 18.0 Å². The molecule has 86 valence electrons. The van der Waals surface area contributed by atoms with Crippen LogP contribution in [0, 0.1) is 0 Å². The van der Waals surface area contributed by atoms with E-state index in [-0.39, 0.29) is 0 Å². The van der Waals surface area contributed by atoms with E-state index in [9.17, 15) is 5.11 Å². The maximum Gasteiger partial charge on any atom is 0.124 e. The standard InChI is InChI=1S/C15H14O2/c1-9(2)14-12-5-3-4-10-7-17-8-11(15(10)12)6-13(14)16/h3-6,16H,1,7-8H2,2H3. The summed E-state index contributed by atoms with van der Waals surface area (Å²) in [5, 5.41) is 12.4. The molecule has 1 heterocycles. The lowest BCUT2D eigenvalue weighted by atomic mass is 9.91. The van der Waals surface area contributed by atoms with Gasteiger partial charge in [-0.25, -0.2) is 0 Å². The van der Waals surface area contributed by atoms with E-state index >= 15 is 0 Å². The molecule has 0 atom stereocenters. The lowest BCUT2D eigenvalue weighted by molar-refractivity contribution is 0.103. The van der Waals surface area contributed by atoms with Gasteiger partial charge in [0.05, 0.1) is 13.2 Å². The average molecular weight is 226 g/mol. The van der Waals surface area contributed by atoms with Crippen LogP contribution in [0.2, 0.25) is 0 Å². The van der Waals surface area contributed by atoms with E-state index in [2.05, 4.69) is 12.6 Å². The number of rotatable bonds is 1. The van der Waals surface area contributed by atoms with E-state index in [0.717, 1.165) is 22.1 Å². The number of hydrogen-bond acceptors (Lipinski definition) is 2. The molecule has 0 unspecified atom stereocenters. The molecule has 3 rings (SSSR count). The topological polar surface area (TPSA) is 29.5 Å². The third-order valence-electron chi connectivity index (χ3n) is 3.25. The van der Waals surface area contributed by atoms with Gasteiger partial charge in [-0.15, -0.1) is 0 Å². The second-order valence-corrected chi connectivity index (χ2v) is 4.54. The molecule has 0 saturated carbocycles. The van der Waals surface area contributed by atoms with Gasteiger partial charge in [-0.05, 0) is 40.5 Å². The first kappa shape index (κ1) is 10.4. The Morgan fingerprint density at radius 2 is 2.06 bits per heavy atom. The average Bonchev–Trinajstić information content (AvgIpc) is 2.28. The van der Waals surface area contributed by atoms with Gasteiger partial charge in [0.15, 0.2) is 0 Å². The van der Waals surface area contributed by atoms with Crippen molar-refractivity contribution in [2.24, 2.45) is 0 Å². The molecule has 1 N–H and O–H groups in total. The van der Waals surface area contributed by atoms with Crippen LogP contribution in [-0.4, -0.2) is 5.11 Å². The minimum atomic E-state index is 0.294. The Kier molecular flexibility index (Phi) is 2.20. The Morgan fingerprint density at radius 1 is 1.29 bits per heavy atom. The number of allylic oxidation sites excluding steroid dienone is 1. The van der Waals surface area contributed by atoms with Crippen LogP contribution in [0.5, 0.6) is 5.75 Å². The van der Waals surface area contributed by atoms with E-state index in [0.29, 0.717) is 19.0 Å². The summed E-state index contributed by atoms with van der Waals surface area (Å²) in [7, 11) is 0. The molecule has 2 nitrogen and oxygen atoms in total. The highest BCUT2D eigenvalue weighted by Gasteiger charge is 2.17. The lowest BCUT2D eigenvalue weighted by Crippen LogP contribution is -2.05. The highest BCUT2D eigenvalue weighted by Crippen LogP contribution is 2.38. The summed E-state index contributed by atoms with van der Waals surface area (Å²) in [6, 6.07) is 7.92. The fourth-order valence-corrected chi connectivity index (χ4v) is 2.59. The van der Waals surface area contributed by atoms with Gasteiger partial charge in [-0.2, -0.15) is 0 Å². The molecule has 2 heteroatoms.